The summed E-state index contributed by atoms with van der Waals surface area (Å²) in [5, 5.41) is 3.81. The van der Waals surface area contributed by atoms with Gasteiger partial charge in [0.25, 0.3) is 0 Å². The Kier molecular flexibility index (Phi) is 5.65. The fourth-order valence-electron chi connectivity index (χ4n) is 2.96. The largest absolute Gasteiger partial charge is 0.310 e. The molecule has 1 aliphatic carbocycles. The third-order valence-electron chi connectivity index (χ3n) is 4.03. The molecule has 0 bridgehead atoms. The van der Waals surface area contributed by atoms with Crippen LogP contribution < -0.4 is 5.32 Å². The van der Waals surface area contributed by atoms with E-state index < -0.39 is 0 Å². The van der Waals surface area contributed by atoms with E-state index in [2.05, 4.69) is 12.2 Å². The van der Waals surface area contributed by atoms with Crippen molar-refractivity contribution in [3.8, 4) is 0 Å². The molecule has 1 fully saturated rings. The van der Waals surface area contributed by atoms with Crippen LogP contribution in [0.5, 0.6) is 0 Å². The third kappa shape index (κ3) is 4.19. The van der Waals surface area contributed by atoms with Crippen LogP contribution >= 0.6 is 11.6 Å². The first kappa shape index (κ1) is 14.8. The lowest BCUT2D eigenvalue weighted by molar-refractivity contribution is 0.395. The Labute approximate surface area is 120 Å². The van der Waals surface area contributed by atoms with Gasteiger partial charge in [0.15, 0.2) is 0 Å². The molecule has 0 spiro atoms. The standard InChI is InChI=1S/C16H23ClFN/c1-2-9-19-16(10-12-5-3-4-6-12)13-7-8-15(18)14(17)11-13/h7-8,11-12,16,19H,2-6,9-10H2,1H3. The molecular weight excluding hydrogens is 261 g/mol. The van der Waals surface area contributed by atoms with Gasteiger partial charge >= 0.3 is 0 Å². The molecule has 1 aromatic carbocycles. The van der Waals surface area contributed by atoms with E-state index in [0.29, 0.717) is 6.04 Å². The van der Waals surface area contributed by atoms with Gasteiger partial charge < -0.3 is 5.32 Å². The van der Waals surface area contributed by atoms with Gasteiger partial charge in [-0.05, 0) is 43.0 Å². The van der Waals surface area contributed by atoms with Crippen molar-refractivity contribution in [2.24, 2.45) is 5.92 Å². The van der Waals surface area contributed by atoms with Crippen LogP contribution in [0.3, 0.4) is 0 Å². The van der Waals surface area contributed by atoms with Crippen LogP contribution in [0, 0.1) is 11.7 Å². The zero-order valence-electron chi connectivity index (χ0n) is 11.6. The highest BCUT2D eigenvalue weighted by molar-refractivity contribution is 6.30. The fourth-order valence-corrected chi connectivity index (χ4v) is 3.15. The van der Waals surface area contributed by atoms with Crippen molar-refractivity contribution in [2.75, 3.05) is 6.54 Å². The Morgan fingerprint density at radius 3 is 2.74 bits per heavy atom. The molecule has 0 saturated heterocycles. The van der Waals surface area contributed by atoms with E-state index in [1.807, 2.05) is 6.07 Å². The second-order valence-electron chi connectivity index (χ2n) is 5.57. The number of nitrogens with one attached hydrogen (secondary N) is 1. The van der Waals surface area contributed by atoms with Crippen molar-refractivity contribution in [1.29, 1.82) is 0 Å². The number of rotatable bonds is 6. The molecule has 19 heavy (non-hydrogen) atoms. The summed E-state index contributed by atoms with van der Waals surface area (Å²) in [5.41, 5.74) is 1.12. The molecule has 0 heterocycles. The van der Waals surface area contributed by atoms with Crippen molar-refractivity contribution in [1.82, 2.24) is 5.32 Å². The van der Waals surface area contributed by atoms with E-state index in [1.165, 1.54) is 31.7 Å². The fraction of sp³-hybridized carbons (Fsp3) is 0.625. The monoisotopic (exact) mass is 283 g/mol. The van der Waals surface area contributed by atoms with Gasteiger partial charge in [0.2, 0.25) is 0 Å². The van der Waals surface area contributed by atoms with Crippen molar-refractivity contribution < 1.29 is 4.39 Å². The zero-order chi connectivity index (χ0) is 13.7. The smallest absolute Gasteiger partial charge is 0.141 e. The lowest BCUT2D eigenvalue weighted by Crippen LogP contribution is -2.24. The van der Waals surface area contributed by atoms with Gasteiger partial charge in [-0.25, -0.2) is 4.39 Å². The summed E-state index contributed by atoms with van der Waals surface area (Å²) >= 11 is 5.91. The van der Waals surface area contributed by atoms with Crippen LogP contribution in [-0.2, 0) is 0 Å². The Balaban J connectivity index is 2.08. The normalized spacial score (nSPS) is 17.8. The van der Waals surface area contributed by atoms with E-state index >= 15 is 0 Å². The average molecular weight is 284 g/mol. The molecule has 1 atom stereocenters. The van der Waals surface area contributed by atoms with Crippen LogP contribution in [-0.4, -0.2) is 6.54 Å². The second kappa shape index (κ2) is 7.25. The van der Waals surface area contributed by atoms with Gasteiger partial charge in [0, 0.05) is 6.04 Å². The molecule has 0 amide bonds. The van der Waals surface area contributed by atoms with Crippen molar-refractivity contribution >= 4 is 11.6 Å². The van der Waals surface area contributed by atoms with Gasteiger partial charge in [-0.15, -0.1) is 0 Å². The van der Waals surface area contributed by atoms with Crippen molar-refractivity contribution in [3.05, 3.63) is 34.6 Å². The minimum absolute atomic E-state index is 0.229. The summed E-state index contributed by atoms with van der Waals surface area (Å²) in [4.78, 5) is 0. The molecule has 106 valence electrons. The molecular formula is C16H23ClFN. The van der Waals surface area contributed by atoms with Crippen LogP contribution in [0.25, 0.3) is 0 Å². The molecule has 0 aromatic heterocycles. The van der Waals surface area contributed by atoms with E-state index in [9.17, 15) is 4.39 Å². The van der Waals surface area contributed by atoms with Crippen LogP contribution in [0.15, 0.2) is 18.2 Å². The van der Waals surface area contributed by atoms with E-state index in [0.717, 1.165) is 30.9 Å². The van der Waals surface area contributed by atoms with Crippen molar-refractivity contribution in [3.63, 3.8) is 0 Å². The van der Waals surface area contributed by atoms with Crippen LogP contribution in [0.4, 0.5) is 4.39 Å². The summed E-state index contributed by atoms with van der Waals surface area (Å²) < 4.78 is 13.3. The van der Waals surface area contributed by atoms with Gasteiger partial charge in [-0.3, -0.25) is 0 Å². The topological polar surface area (TPSA) is 12.0 Å². The molecule has 0 radical (unpaired) electrons. The molecule has 2 rings (SSSR count). The Hall–Kier alpha value is -0.600. The maximum Gasteiger partial charge on any atom is 0.141 e. The van der Waals surface area contributed by atoms with Gasteiger partial charge in [-0.2, -0.15) is 0 Å². The zero-order valence-corrected chi connectivity index (χ0v) is 12.3. The maximum atomic E-state index is 13.3. The summed E-state index contributed by atoms with van der Waals surface area (Å²) in [5.74, 6) is 0.471. The highest BCUT2D eigenvalue weighted by Crippen LogP contribution is 2.33. The molecule has 1 N–H and O–H groups in total. The number of hydrogen-bond acceptors (Lipinski definition) is 1. The molecule has 1 unspecified atom stereocenters. The molecule has 1 aromatic rings. The molecule has 1 aliphatic rings. The SMILES string of the molecule is CCCNC(CC1CCCC1)c1ccc(F)c(Cl)c1. The Morgan fingerprint density at radius 1 is 1.37 bits per heavy atom. The van der Waals surface area contributed by atoms with Gasteiger partial charge in [0.1, 0.15) is 5.82 Å². The lowest BCUT2D eigenvalue weighted by atomic mass is 9.93. The summed E-state index contributed by atoms with van der Waals surface area (Å²) in [7, 11) is 0. The first-order valence-corrected chi connectivity index (χ1v) is 7.76. The number of benzene rings is 1. The number of halogens is 2. The van der Waals surface area contributed by atoms with Gasteiger partial charge in [-0.1, -0.05) is 50.3 Å². The third-order valence-corrected chi connectivity index (χ3v) is 4.32. The molecule has 3 heteroatoms. The predicted molar refractivity (Wildman–Crippen MR) is 79.0 cm³/mol. The van der Waals surface area contributed by atoms with E-state index in [1.54, 1.807) is 6.07 Å². The summed E-state index contributed by atoms with van der Waals surface area (Å²) in [6, 6.07) is 5.43. The van der Waals surface area contributed by atoms with Crippen LogP contribution in [0.1, 0.15) is 57.1 Å². The van der Waals surface area contributed by atoms with Crippen LogP contribution in [0.2, 0.25) is 5.02 Å². The van der Waals surface area contributed by atoms with E-state index in [-0.39, 0.29) is 10.8 Å². The summed E-state index contributed by atoms with van der Waals surface area (Å²) in [6.07, 6.45) is 7.63. The molecule has 1 nitrogen and oxygen atoms in total. The quantitative estimate of drug-likeness (QED) is 0.766. The minimum Gasteiger partial charge on any atom is -0.310 e. The lowest BCUT2D eigenvalue weighted by Gasteiger charge is -2.22. The first-order valence-electron chi connectivity index (χ1n) is 7.39. The maximum absolute atomic E-state index is 13.3. The Bertz CT molecular complexity index is 402. The Morgan fingerprint density at radius 2 is 2.11 bits per heavy atom. The first-order chi connectivity index (χ1) is 9.20. The molecule has 0 aliphatic heterocycles. The van der Waals surface area contributed by atoms with Gasteiger partial charge in [0.05, 0.1) is 5.02 Å². The predicted octanol–water partition coefficient (Wildman–Crippen LogP) is 5.10. The highest BCUT2D eigenvalue weighted by atomic mass is 35.5. The average Bonchev–Trinajstić information content (AvgIpc) is 2.91. The van der Waals surface area contributed by atoms with E-state index in [4.69, 9.17) is 11.6 Å². The number of hydrogen-bond donors (Lipinski definition) is 1. The van der Waals surface area contributed by atoms with Crippen molar-refractivity contribution in [2.45, 2.75) is 51.5 Å². The molecule has 1 saturated carbocycles. The second-order valence-corrected chi connectivity index (χ2v) is 5.97. The summed E-state index contributed by atoms with van der Waals surface area (Å²) in [6.45, 7) is 3.16. The highest BCUT2D eigenvalue weighted by Gasteiger charge is 2.21. The minimum atomic E-state index is -0.333.